The standard InChI is InChI=1S/C6H12ClNO/c1-2-3-4-6(7)8-5-9/h5-6H,2-4H2,1H3,(H,8,9). The molecule has 3 heteroatoms. The number of hydrogen-bond donors (Lipinski definition) is 1. The van der Waals surface area contributed by atoms with Gasteiger partial charge < -0.3 is 5.32 Å². The highest BCUT2D eigenvalue weighted by Crippen LogP contribution is 2.02. The summed E-state index contributed by atoms with van der Waals surface area (Å²) in [4.78, 5) is 9.78. The zero-order chi connectivity index (χ0) is 7.11. The summed E-state index contributed by atoms with van der Waals surface area (Å²) in [6, 6.07) is 0. The van der Waals surface area contributed by atoms with Crippen molar-refractivity contribution in [3.05, 3.63) is 0 Å². The van der Waals surface area contributed by atoms with Crippen molar-refractivity contribution in [3.8, 4) is 0 Å². The first-order valence-corrected chi connectivity index (χ1v) is 3.58. The van der Waals surface area contributed by atoms with E-state index >= 15 is 0 Å². The van der Waals surface area contributed by atoms with Gasteiger partial charge in [-0.3, -0.25) is 4.79 Å². The van der Waals surface area contributed by atoms with E-state index in [1.807, 2.05) is 0 Å². The third-order valence-corrected chi connectivity index (χ3v) is 1.40. The molecule has 0 radical (unpaired) electrons. The van der Waals surface area contributed by atoms with Crippen LogP contribution in [-0.2, 0) is 4.79 Å². The van der Waals surface area contributed by atoms with Crippen molar-refractivity contribution in [2.45, 2.75) is 31.7 Å². The Kier molecular flexibility index (Phi) is 5.73. The van der Waals surface area contributed by atoms with Crippen LogP contribution in [0.25, 0.3) is 0 Å². The SMILES string of the molecule is CCCCC(Cl)NC=O. The van der Waals surface area contributed by atoms with Crippen molar-refractivity contribution >= 4 is 18.0 Å². The zero-order valence-corrected chi connectivity index (χ0v) is 6.32. The largest absolute Gasteiger partial charge is 0.343 e. The molecule has 0 aliphatic rings. The van der Waals surface area contributed by atoms with E-state index in [-0.39, 0.29) is 5.50 Å². The van der Waals surface area contributed by atoms with E-state index < -0.39 is 0 Å². The first kappa shape index (κ1) is 8.76. The van der Waals surface area contributed by atoms with Crippen LogP contribution in [0.2, 0.25) is 0 Å². The van der Waals surface area contributed by atoms with Gasteiger partial charge in [-0.2, -0.15) is 0 Å². The maximum absolute atomic E-state index is 9.78. The molecule has 0 aromatic carbocycles. The van der Waals surface area contributed by atoms with Crippen LogP contribution in [0.1, 0.15) is 26.2 Å². The highest BCUT2D eigenvalue weighted by molar-refractivity contribution is 6.20. The van der Waals surface area contributed by atoms with Gasteiger partial charge in [0.1, 0.15) is 5.50 Å². The summed E-state index contributed by atoms with van der Waals surface area (Å²) in [5.74, 6) is 0. The zero-order valence-electron chi connectivity index (χ0n) is 5.56. The summed E-state index contributed by atoms with van der Waals surface area (Å²) in [6.07, 6.45) is 3.67. The molecule has 0 saturated heterocycles. The fraction of sp³-hybridized carbons (Fsp3) is 0.833. The van der Waals surface area contributed by atoms with E-state index in [1.54, 1.807) is 0 Å². The molecule has 0 aliphatic carbocycles. The molecule has 1 N–H and O–H groups in total. The lowest BCUT2D eigenvalue weighted by Gasteiger charge is -2.04. The smallest absolute Gasteiger partial charge is 0.208 e. The molecule has 0 fully saturated rings. The van der Waals surface area contributed by atoms with Crippen LogP contribution in [0.5, 0.6) is 0 Å². The highest BCUT2D eigenvalue weighted by atomic mass is 35.5. The second-order valence-electron chi connectivity index (χ2n) is 1.89. The molecule has 0 bridgehead atoms. The summed E-state index contributed by atoms with van der Waals surface area (Å²) < 4.78 is 0. The Labute approximate surface area is 60.6 Å². The molecule has 0 aromatic heterocycles. The van der Waals surface area contributed by atoms with Crippen LogP contribution in [0.15, 0.2) is 0 Å². The van der Waals surface area contributed by atoms with Crippen molar-refractivity contribution in [2.75, 3.05) is 0 Å². The Morgan fingerprint density at radius 2 is 2.44 bits per heavy atom. The van der Waals surface area contributed by atoms with Gasteiger partial charge in [0.15, 0.2) is 0 Å². The predicted molar refractivity (Wildman–Crippen MR) is 38.4 cm³/mol. The van der Waals surface area contributed by atoms with Crippen LogP contribution in [0.4, 0.5) is 0 Å². The fourth-order valence-corrected chi connectivity index (χ4v) is 0.746. The van der Waals surface area contributed by atoms with Crippen molar-refractivity contribution in [1.29, 1.82) is 0 Å². The Balaban J connectivity index is 3.04. The topological polar surface area (TPSA) is 29.1 Å². The molecule has 0 rings (SSSR count). The van der Waals surface area contributed by atoms with Crippen LogP contribution < -0.4 is 5.32 Å². The lowest BCUT2D eigenvalue weighted by Crippen LogP contribution is -2.21. The van der Waals surface area contributed by atoms with Crippen molar-refractivity contribution in [1.82, 2.24) is 5.32 Å². The van der Waals surface area contributed by atoms with Crippen LogP contribution in [0, 0.1) is 0 Å². The molecule has 1 amide bonds. The third kappa shape index (κ3) is 5.63. The second kappa shape index (κ2) is 5.89. The molecule has 0 spiro atoms. The third-order valence-electron chi connectivity index (χ3n) is 1.06. The first-order chi connectivity index (χ1) is 4.31. The first-order valence-electron chi connectivity index (χ1n) is 3.15. The van der Waals surface area contributed by atoms with Gasteiger partial charge in [-0.05, 0) is 6.42 Å². The number of alkyl halides is 1. The summed E-state index contributed by atoms with van der Waals surface area (Å²) in [7, 11) is 0. The Morgan fingerprint density at radius 1 is 1.78 bits per heavy atom. The summed E-state index contributed by atoms with van der Waals surface area (Å²) in [5.41, 5.74) is -0.178. The predicted octanol–water partition coefficient (Wildman–Crippen LogP) is 1.49. The van der Waals surface area contributed by atoms with E-state index in [0.29, 0.717) is 6.41 Å². The molecule has 0 saturated carbocycles. The van der Waals surface area contributed by atoms with Crippen LogP contribution in [0.3, 0.4) is 0 Å². The number of amides is 1. The van der Waals surface area contributed by atoms with E-state index in [4.69, 9.17) is 11.6 Å². The minimum absolute atomic E-state index is 0.178. The van der Waals surface area contributed by atoms with Crippen LogP contribution in [-0.4, -0.2) is 11.9 Å². The molecule has 2 nitrogen and oxygen atoms in total. The summed E-state index contributed by atoms with van der Waals surface area (Å²) in [5, 5.41) is 2.47. The van der Waals surface area contributed by atoms with E-state index in [0.717, 1.165) is 19.3 Å². The van der Waals surface area contributed by atoms with Gasteiger partial charge in [-0.1, -0.05) is 31.4 Å². The fourth-order valence-electron chi connectivity index (χ4n) is 0.541. The van der Waals surface area contributed by atoms with E-state index in [1.165, 1.54) is 0 Å². The van der Waals surface area contributed by atoms with Crippen LogP contribution >= 0.6 is 11.6 Å². The van der Waals surface area contributed by atoms with Crippen molar-refractivity contribution < 1.29 is 4.79 Å². The second-order valence-corrected chi connectivity index (χ2v) is 2.42. The Bertz CT molecular complexity index is 77.5. The molecular formula is C6H12ClNO. The number of unbranched alkanes of at least 4 members (excludes halogenated alkanes) is 1. The Morgan fingerprint density at radius 3 is 2.89 bits per heavy atom. The van der Waals surface area contributed by atoms with Gasteiger partial charge in [0, 0.05) is 0 Å². The van der Waals surface area contributed by atoms with Crippen molar-refractivity contribution in [2.24, 2.45) is 0 Å². The van der Waals surface area contributed by atoms with Gasteiger partial charge in [-0.15, -0.1) is 0 Å². The number of nitrogens with one attached hydrogen (secondary N) is 1. The quantitative estimate of drug-likeness (QED) is 0.358. The van der Waals surface area contributed by atoms with Crippen molar-refractivity contribution in [3.63, 3.8) is 0 Å². The Hall–Kier alpha value is -0.240. The lowest BCUT2D eigenvalue weighted by atomic mass is 10.2. The number of hydrogen-bond acceptors (Lipinski definition) is 1. The maximum Gasteiger partial charge on any atom is 0.208 e. The molecule has 0 aromatic rings. The van der Waals surface area contributed by atoms with Gasteiger partial charge >= 0.3 is 0 Å². The van der Waals surface area contributed by atoms with Gasteiger partial charge in [0.25, 0.3) is 0 Å². The number of rotatable bonds is 5. The number of halogens is 1. The van der Waals surface area contributed by atoms with E-state index in [2.05, 4.69) is 12.2 Å². The van der Waals surface area contributed by atoms with Gasteiger partial charge in [0.2, 0.25) is 6.41 Å². The molecule has 0 heterocycles. The van der Waals surface area contributed by atoms with Gasteiger partial charge in [0.05, 0.1) is 0 Å². The highest BCUT2D eigenvalue weighted by Gasteiger charge is 1.98. The van der Waals surface area contributed by atoms with E-state index in [9.17, 15) is 4.79 Å². The van der Waals surface area contributed by atoms with Gasteiger partial charge in [-0.25, -0.2) is 0 Å². The molecule has 54 valence electrons. The molecule has 1 atom stereocenters. The average molecular weight is 150 g/mol. The minimum atomic E-state index is -0.178. The molecular weight excluding hydrogens is 138 g/mol. The normalized spacial score (nSPS) is 12.7. The number of carbonyl (C=O) groups is 1. The monoisotopic (exact) mass is 149 g/mol. The molecule has 0 aliphatic heterocycles. The lowest BCUT2D eigenvalue weighted by molar-refractivity contribution is -0.109. The average Bonchev–Trinajstić information content (AvgIpc) is 1.85. The number of carbonyl (C=O) groups excluding carboxylic acids is 1. The summed E-state index contributed by atoms with van der Waals surface area (Å²) >= 11 is 5.62. The minimum Gasteiger partial charge on any atom is -0.343 e. The maximum atomic E-state index is 9.78. The molecule has 1 unspecified atom stereocenters. The summed E-state index contributed by atoms with van der Waals surface area (Å²) in [6.45, 7) is 2.09. The molecule has 9 heavy (non-hydrogen) atoms.